The quantitative estimate of drug-likeness (QED) is 0.810. The second-order valence-electron chi connectivity index (χ2n) is 4.08. The molecule has 0 aliphatic rings. The molecule has 0 saturated heterocycles. The maximum absolute atomic E-state index is 13.5. The molecule has 0 aliphatic carbocycles. The minimum Gasteiger partial charge on any atom is -0.395 e. The van der Waals surface area contributed by atoms with Gasteiger partial charge in [0.2, 0.25) is 0 Å². The molecule has 0 spiro atoms. The zero-order chi connectivity index (χ0) is 13.4. The van der Waals surface area contributed by atoms with Crippen molar-refractivity contribution in [3.63, 3.8) is 0 Å². The lowest BCUT2D eigenvalue weighted by molar-refractivity contribution is 0.295. The summed E-state index contributed by atoms with van der Waals surface area (Å²) in [6.07, 6.45) is 0.419. The van der Waals surface area contributed by atoms with E-state index in [0.29, 0.717) is 12.0 Å². The largest absolute Gasteiger partial charge is 0.395 e. The van der Waals surface area contributed by atoms with E-state index in [-0.39, 0.29) is 12.4 Å². The second kappa shape index (κ2) is 7.86. The summed E-state index contributed by atoms with van der Waals surface area (Å²) in [4.78, 5) is 2.22. The van der Waals surface area contributed by atoms with Gasteiger partial charge in [0.05, 0.1) is 6.61 Å². The Balaban J connectivity index is 2.84. The first-order chi connectivity index (χ1) is 8.69. The number of aliphatic hydroxyl groups is 1. The van der Waals surface area contributed by atoms with Crippen molar-refractivity contribution < 1.29 is 9.50 Å². The third-order valence-corrected chi connectivity index (χ3v) is 2.73. The smallest absolute Gasteiger partial charge is 0.124 e. The molecule has 0 unspecified atom stereocenters. The van der Waals surface area contributed by atoms with E-state index in [9.17, 15) is 4.39 Å². The van der Waals surface area contributed by atoms with Gasteiger partial charge in [-0.1, -0.05) is 25.7 Å². The highest BCUT2D eigenvalue weighted by Gasteiger charge is 2.04. The zero-order valence-electron chi connectivity index (χ0n) is 11.0. The molecule has 1 aromatic carbocycles. The predicted molar refractivity (Wildman–Crippen MR) is 71.6 cm³/mol. The lowest BCUT2D eigenvalue weighted by Crippen LogP contribution is -2.22. The van der Waals surface area contributed by atoms with E-state index < -0.39 is 0 Å². The van der Waals surface area contributed by atoms with Crippen LogP contribution >= 0.6 is 0 Å². The molecule has 3 heteroatoms. The summed E-state index contributed by atoms with van der Waals surface area (Å²) in [5.74, 6) is 5.42. The van der Waals surface area contributed by atoms with Crippen LogP contribution in [-0.4, -0.2) is 29.7 Å². The minimum absolute atomic E-state index is 0.0363. The van der Waals surface area contributed by atoms with Crippen molar-refractivity contribution in [2.24, 2.45) is 0 Å². The van der Waals surface area contributed by atoms with Gasteiger partial charge in [-0.3, -0.25) is 4.90 Å². The van der Waals surface area contributed by atoms with Gasteiger partial charge in [0, 0.05) is 18.5 Å². The first-order valence-electron chi connectivity index (χ1n) is 6.31. The Hall–Kier alpha value is -1.37. The van der Waals surface area contributed by atoms with Crippen molar-refractivity contribution in [2.45, 2.75) is 26.8 Å². The van der Waals surface area contributed by atoms with Gasteiger partial charge in [0.1, 0.15) is 5.82 Å². The molecule has 98 valence electrons. The molecule has 1 N–H and O–H groups in total. The molecule has 2 nitrogen and oxygen atoms in total. The number of nitrogens with zero attached hydrogens (tertiary/aromatic N) is 1. The molecular formula is C15H20FNO. The highest BCUT2D eigenvalue weighted by Crippen LogP contribution is 2.11. The molecule has 1 rings (SSSR count). The monoisotopic (exact) mass is 249 g/mol. The minimum atomic E-state index is -0.257. The first kappa shape index (κ1) is 14.7. The van der Waals surface area contributed by atoms with Gasteiger partial charge in [0.15, 0.2) is 0 Å². The average molecular weight is 249 g/mol. The molecule has 0 fully saturated rings. The van der Waals surface area contributed by atoms with E-state index in [4.69, 9.17) is 5.11 Å². The fourth-order valence-electron chi connectivity index (χ4n) is 1.74. The van der Waals surface area contributed by atoms with Gasteiger partial charge in [-0.05, 0) is 36.9 Å². The van der Waals surface area contributed by atoms with Gasteiger partial charge in [-0.15, -0.1) is 0 Å². The lowest BCUT2D eigenvalue weighted by atomic mass is 10.1. The van der Waals surface area contributed by atoms with Crippen LogP contribution in [0.2, 0.25) is 0 Å². The van der Waals surface area contributed by atoms with E-state index in [0.717, 1.165) is 25.2 Å². The average Bonchev–Trinajstić information content (AvgIpc) is 2.35. The van der Waals surface area contributed by atoms with Crippen molar-refractivity contribution in [1.82, 2.24) is 4.90 Å². The van der Waals surface area contributed by atoms with E-state index >= 15 is 0 Å². The van der Waals surface area contributed by atoms with Gasteiger partial charge in [-0.25, -0.2) is 4.39 Å². The Morgan fingerprint density at radius 2 is 1.94 bits per heavy atom. The van der Waals surface area contributed by atoms with Gasteiger partial charge in [-0.2, -0.15) is 0 Å². The zero-order valence-corrected chi connectivity index (χ0v) is 11.0. The topological polar surface area (TPSA) is 23.5 Å². The van der Waals surface area contributed by atoms with Crippen LogP contribution in [-0.2, 0) is 6.54 Å². The summed E-state index contributed by atoms with van der Waals surface area (Å²) < 4.78 is 13.5. The molecule has 0 bridgehead atoms. The van der Waals surface area contributed by atoms with Crippen LogP contribution in [0.15, 0.2) is 18.2 Å². The maximum Gasteiger partial charge on any atom is 0.124 e. The normalized spacial score (nSPS) is 10.3. The molecule has 1 aromatic rings. The lowest BCUT2D eigenvalue weighted by Gasteiger charge is -2.18. The second-order valence-corrected chi connectivity index (χ2v) is 4.08. The van der Waals surface area contributed by atoms with Crippen LogP contribution in [0.1, 0.15) is 31.4 Å². The third kappa shape index (κ3) is 4.87. The van der Waals surface area contributed by atoms with Crippen LogP contribution in [0.25, 0.3) is 0 Å². The van der Waals surface area contributed by atoms with Gasteiger partial charge in [0.25, 0.3) is 0 Å². The standard InChI is InChI=1S/C15H20FNO/c1-3-17(4-2)12-14-9-13(7-5-6-8-18)10-15(16)11-14/h9-11,18H,3-4,6,8,12H2,1-2H3. The fourth-order valence-corrected chi connectivity index (χ4v) is 1.74. The fraction of sp³-hybridized carbons (Fsp3) is 0.467. The molecule has 0 aliphatic heterocycles. The molecule has 0 saturated carbocycles. The highest BCUT2D eigenvalue weighted by atomic mass is 19.1. The number of rotatable bonds is 5. The Bertz CT molecular complexity index is 430. The number of benzene rings is 1. The van der Waals surface area contributed by atoms with Crippen molar-refractivity contribution in [2.75, 3.05) is 19.7 Å². The summed E-state index contributed by atoms with van der Waals surface area (Å²) in [5.41, 5.74) is 1.61. The van der Waals surface area contributed by atoms with Crippen LogP contribution < -0.4 is 0 Å². The van der Waals surface area contributed by atoms with Crippen LogP contribution in [0, 0.1) is 17.7 Å². The summed E-state index contributed by atoms with van der Waals surface area (Å²) in [7, 11) is 0. The van der Waals surface area contributed by atoms with Crippen LogP contribution in [0.5, 0.6) is 0 Å². The molecular weight excluding hydrogens is 229 g/mol. The van der Waals surface area contributed by atoms with Crippen LogP contribution in [0.3, 0.4) is 0 Å². The Morgan fingerprint density at radius 1 is 1.22 bits per heavy atom. The van der Waals surface area contributed by atoms with E-state index in [1.807, 2.05) is 6.07 Å². The Morgan fingerprint density at radius 3 is 2.56 bits per heavy atom. The summed E-state index contributed by atoms with van der Waals surface area (Å²) in [6, 6.07) is 4.89. The van der Waals surface area contributed by atoms with E-state index in [1.54, 1.807) is 6.07 Å². The molecule has 18 heavy (non-hydrogen) atoms. The van der Waals surface area contributed by atoms with Crippen LogP contribution in [0.4, 0.5) is 4.39 Å². The Kier molecular flexibility index (Phi) is 6.42. The van der Waals surface area contributed by atoms with Crippen molar-refractivity contribution in [3.05, 3.63) is 35.1 Å². The highest BCUT2D eigenvalue weighted by molar-refractivity contribution is 5.37. The predicted octanol–water partition coefficient (Wildman–Crippen LogP) is 2.40. The molecule has 0 atom stereocenters. The van der Waals surface area contributed by atoms with Crippen molar-refractivity contribution in [1.29, 1.82) is 0 Å². The van der Waals surface area contributed by atoms with Gasteiger partial charge < -0.3 is 5.11 Å². The number of hydrogen-bond donors (Lipinski definition) is 1. The summed E-state index contributed by atoms with van der Waals surface area (Å²) in [6.45, 7) is 6.83. The summed E-state index contributed by atoms with van der Waals surface area (Å²) in [5, 5.41) is 8.65. The molecule has 0 radical (unpaired) electrons. The first-order valence-corrected chi connectivity index (χ1v) is 6.31. The van der Waals surface area contributed by atoms with E-state index in [1.165, 1.54) is 6.07 Å². The van der Waals surface area contributed by atoms with Crippen molar-refractivity contribution in [3.8, 4) is 11.8 Å². The number of hydrogen-bond acceptors (Lipinski definition) is 2. The maximum atomic E-state index is 13.5. The van der Waals surface area contributed by atoms with Crippen molar-refractivity contribution >= 4 is 0 Å². The molecule has 0 heterocycles. The van der Waals surface area contributed by atoms with E-state index in [2.05, 4.69) is 30.6 Å². The van der Waals surface area contributed by atoms with Gasteiger partial charge >= 0.3 is 0 Å². The SMILES string of the molecule is CCN(CC)Cc1cc(F)cc(C#CCCO)c1. The molecule has 0 aromatic heterocycles. The Labute approximate surface area is 108 Å². The number of aliphatic hydroxyl groups excluding tert-OH is 1. The number of halogens is 1. The summed E-state index contributed by atoms with van der Waals surface area (Å²) >= 11 is 0. The third-order valence-electron chi connectivity index (χ3n) is 2.73. The molecule has 0 amide bonds.